The van der Waals surface area contributed by atoms with Crippen molar-refractivity contribution in [1.29, 1.82) is 5.26 Å². The van der Waals surface area contributed by atoms with Crippen molar-refractivity contribution in [1.82, 2.24) is 14.8 Å². The summed E-state index contributed by atoms with van der Waals surface area (Å²) < 4.78 is 39.4. The third-order valence-corrected chi connectivity index (χ3v) is 2.90. The molecule has 21 heavy (non-hydrogen) atoms. The van der Waals surface area contributed by atoms with E-state index in [9.17, 15) is 13.2 Å². The second-order valence-corrected chi connectivity index (χ2v) is 4.22. The largest absolute Gasteiger partial charge is 0.416 e. The summed E-state index contributed by atoms with van der Waals surface area (Å²) in [4.78, 5) is 4.04. The number of aromatic nitrogens is 3. The van der Waals surface area contributed by atoms with E-state index in [4.69, 9.17) is 5.26 Å². The van der Waals surface area contributed by atoms with Gasteiger partial charge >= 0.3 is 6.18 Å². The molecule has 1 aromatic carbocycles. The van der Waals surface area contributed by atoms with Crippen LogP contribution >= 0.6 is 0 Å². The van der Waals surface area contributed by atoms with Gasteiger partial charge < -0.3 is 5.32 Å². The van der Waals surface area contributed by atoms with Crippen molar-refractivity contribution in [2.45, 2.75) is 26.2 Å². The zero-order valence-corrected chi connectivity index (χ0v) is 11.1. The highest BCUT2D eigenvalue weighted by atomic mass is 19.4. The molecule has 110 valence electrons. The van der Waals surface area contributed by atoms with Crippen LogP contribution in [-0.4, -0.2) is 14.8 Å². The number of hydrogen-bond donors (Lipinski definition) is 1. The van der Waals surface area contributed by atoms with Crippen molar-refractivity contribution in [2.75, 3.05) is 5.32 Å². The molecule has 2 rings (SSSR count). The lowest BCUT2D eigenvalue weighted by molar-refractivity contribution is -0.137. The maximum absolute atomic E-state index is 12.6. The zero-order valence-electron chi connectivity index (χ0n) is 11.1. The number of nitrogens with zero attached hydrogens (tertiary/aromatic N) is 4. The average Bonchev–Trinajstić information content (AvgIpc) is 2.91. The highest BCUT2D eigenvalue weighted by molar-refractivity contribution is 5.58. The van der Waals surface area contributed by atoms with Crippen molar-refractivity contribution in [3.8, 4) is 6.07 Å². The van der Waals surface area contributed by atoms with Crippen molar-refractivity contribution in [3.05, 3.63) is 41.5 Å². The van der Waals surface area contributed by atoms with E-state index in [1.54, 1.807) is 10.8 Å². The first-order valence-corrected chi connectivity index (χ1v) is 6.17. The number of benzene rings is 1. The molecule has 8 heteroatoms. The SMILES string of the molecule is CCn1ncnc1CNc1ccc(C(F)(F)F)cc1C#N. The molecule has 0 radical (unpaired) electrons. The Morgan fingerprint density at radius 3 is 2.76 bits per heavy atom. The van der Waals surface area contributed by atoms with Crippen LogP contribution in [0.3, 0.4) is 0 Å². The number of alkyl halides is 3. The van der Waals surface area contributed by atoms with Gasteiger partial charge in [0.2, 0.25) is 0 Å². The van der Waals surface area contributed by atoms with E-state index in [1.165, 1.54) is 12.4 Å². The highest BCUT2D eigenvalue weighted by Gasteiger charge is 2.31. The Hall–Kier alpha value is -2.56. The van der Waals surface area contributed by atoms with Gasteiger partial charge in [-0.2, -0.15) is 23.5 Å². The Kier molecular flexibility index (Phi) is 4.12. The Morgan fingerprint density at radius 2 is 2.14 bits per heavy atom. The molecule has 1 N–H and O–H groups in total. The van der Waals surface area contributed by atoms with Gasteiger partial charge in [0.15, 0.2) is 0 Å². The maximum Gasteiger partial charge on any atom is 0.416 e. The second kappa shape index (κ2) is 5.83. The minimum absolute atomic E-state index is 0.0626. The van der Waals surface area contributed by atoms with Crippen LogP contribution in [0.2, 0.25) is 0 Å². The molecule has 0 atom stereocenters. The van der Waals surface area contributed by atoms with Crippen molar-refractivity contribution in [3.63, 3.8) is 0 Å². The molecule has 0 aliphatic heterocycles. The minimum atomic E-state index is -4.47. The van der Waals surface area contributed by atoms with Crippen LogP contribution in [-0.2, 0) is 19.3 Å². The van der Waals surface area contributed by atoms with Crippen LogP contribution in [0.1, 0.15) is 23.9 Å². The van der Waals surface area contributed by atoms with Crippen molar-refractivity contribution < 1.29 is 13.2 Å². The van der Waals surface area contributed by atoms with Gasteiger partial charge in [-0.1, -0.05) is 0 Å². The molecule has 0 bridgehead atoms. The van der Waals surface area contributed by atoms with Crippen molar-refractivity contribution in [2.24, 2.45) is 0 Å². The zero-order chi connectivity index (χ0) is 15.5. The first kappa shape index (κ1) is 14.8. The Morgan fingerprint density at radius 1 is 1.38 bits per heavy atom. The molecule has 0 spiro atoms. The third-order valence-electron chi connectivity index (χ3n) is 2.90. The molecule has 0 saturated heterocycles. The lowest BCUT2D eigenvalue weighted by Crippen LogP contribution is -2.11. The quantitative estimate of drug-likeness (QED) is 0.942. The summed E-state index contributed by atoms with van der Waals surface area (Å²) in [6.07, 6.45) is -3.06. The van der Waals surface area contributed by atoms with Crippen LogP contribution in [0.25, 0.3) is 0 Å². The first-order valence-electron chi connectivity index (χ1n) is 6.17. The first-order chi connectivity index (χ1) is 9.95. The number of aryl methyl sites for hydroxylation is 1. The molecule has 0 unspecified atom stereocenters. The van der Waals surface area contributed by atoms with Crippen LogP contribution in [0, 0.1) is 11.3 Å². The lowest BCUT2D eigenvalue weighted by Gasteiger charge is -2.11. The lowest BCUT2D eigenvalue weighted by atomic mass is 10.1. The summed E-state index contributed by atoms with van der Waals surface area (Å²) in [5.74, 6) is 0.640. The van der Waals surface area contributed by atoms with E-state index in [0.717, 1.165) is 12.1 Å². The Balaban J connectivity index is 2.19. The van der Waals surface area contributed by atoms with E-state index in [-0.39, 0.29) is 12.1 Å². The van der Waals surface area contributed by atoms with Crippen LogP contribution < -0.4 is 5.32 Å². The average molecular weight is 295 g/mol. The predicted octanol–water partition coefficient (Wildman–Crippen LogP) is 2.80. The summed E-state index contributed by atoms with van der Waals surface area (Å²) in [7, 11) is 0. The van der Waals surface area contributed by atoms with Crippen LogP contribution in [0.5, 0.6) is 0 Å². The van der Waals surface area contributed by atoms with Gasteiger partial charge in [0, 0.05) is 6.54 Å². The van der Waals surface area contributed by atoms with Crippen LogP contribution in [0.4, 0.5) is 18.9 Å². The molecule has 0 fully saturated rings. The highest BCUT2D eigenvalue weighted by Crippen LogP contribution is 2.31. The smallest absolute Gasteiger partial charge is 0.377 e. The molecular weight excluding hydrogens is 283 g/mol. The Bertz CT molecular complexity index is 669. The van der Waals surface area contributed by atoms with Gasteiger partial charge in [-0.05, 0) is 25.1 Å². The van der Waals surface area contributed by atoms with Gasteiger partial charge in [0.05, 0.1) is 23.4 Å². The molecule has 1 heterocycles. The van der Waals surface area contributed by atoms with Gasteiger partial charge in [0.25, 0.3) is 0 Å². The molecule has 0 aliphatic rings. The summed E-state index contributed by atoms with van der Waals surface area (Å²) in [5.41, 5.74) is -0.579. The summed E-state index contributed by atoms with van der Waals surface area (Å²) in [6.45, 7) is 2.81. The monoisotopic (exact) mass is 295 g/mol. The minimum Gasteiger partial charge on any atom is -0.377 e. The molecular formula is C13H12F3N5. The van der Waals surface area contributed by atoms with Gasteiger partial charge in [-0.3, -0.25) is 0 Å². The van der Waals surface area contributed by atoms with E-state index in [1.807, 2.05) is 6.92 Å². The van der Waals surface area contributed by atoms with Crippen LogP contribution in [0.15, 0.2) is 24.5 Å². The molecule has 1 aromatic heterocycles. The van der Waals surface area contributed by atoms with E-state index < -0.39 is 11.7 Å². The normalized spacial score (nSPS) is 11.2. The number of hydrogen-bond acceptors (Lipinski definition) is 4. The molecule has 2 aromatic rings. The standard InChI is InChI=1S/C13H12F3N5/c1-2-21-12(19-8-20-21)7-18-11-4-3-10(13(14,15)16)5-9(11)6-17/h3-5,8,18H,2,7H2,1H3. The third kappa shape index (κ3) is 3.31. The van der Waals surface area contributed by atoms with E-state index >= 15 is 0 Å². The molecule has 0 saturated carbocycles. The molecule has 0 aliphatic carbocycles. The topological polar surface area (TPSA) is 66.5 Å². The van der Waals surface area contributed by atoms with Gasteiger partial charge in [-0.15, -0.1) is 0 Å². The van der Waals surface area contributed by atoms with Crippen molar-refractivity contribution >= 4 is 5.69 Å². The Labute approximate surface area is 119 Å². The number of anilines is 1. The summed E-state index contributed by atoms with van der Waals surface area (Å²) >= 11 is 0. The molecule has 0 amide bonds. The van der Waals surface area contributed by atoms with E-state index in [0.29, 0.717) is 18.1 Å². The predicted molar refractivity (Wildman–Crippen MR) is 69.2 cm³/mol. The van der Waals surface area contributed by atoms with E-state index in [2.05, 4.69) is 15.4 Å². The fourth-order valence-corrected chi connectivity index (χ4v) is 1.83. The summed E-state index contributed by atoms with van der Waals surface area (Å²) in [5, 5.41) is 15.9. The molecule has 5 nitrogen and oxygen atoms in total. The number of halogens is 3. The summed E-state index contributed by atoms with van der Waals surface area (Å²) in [6, 6.07) is 4.77. The fourth-order valence-electron chi connectivity index (χ4n) is 1.83. The number of rotatable bonds is 4. The maximum atomic E-state index is 12.6. The fraction of sp³-hybridized carbons (Fsp3) is 0.308. The van der Waals surface area contributed by atoms with Gasteiger partial charge in [-0.25, -0.2) is 9.67 Å². The van der Waals surface area contributed by atoms with Gasteiger partial charge in [0.1, 0.15) is 18.2 Å². The number of nitrogens with one attached hydrogen (secondary N) is 1. The number of nitriles is 1. The second-order valence-electron chi connectivity index (χ2n) is 4.22.